The Bertz CT molecular complexity index is 747. The third kappa shape index (κ3) is 3.65. The number of benzene rings is 1. The zero-order valence-corrected chi connectivity index (χ0v) is 13.2. The number of hydrogen-bond donors (Lipinski definition) is 1. The van der Waals surface area contributed by atoms with E-state index in [1.165, 1.54) is 12.4 Å². The number of rotatable bonds is 3. The van der Waals surface area contributed by atoms with Gasteiger partial charge in [0, 0.05) is 37.8 Å². The van der Waals surface area contributed by atoms with Gasteiger partial charge in [0.15, 0.2) is 11.6 Å². The lowest BCUT2D eigenvalue weighted by atomic mass is 10.2. The van der Waals surface area contributed by atoms with Crippen LogP contribution < -0.4 is 10.2 Å². The summed E-state index contributed by atoms with van der Waals surface area (Å²) >= 11 is 0. The largest absolute Gasteiger partial charge is 0.354 e. The van der Waals surface area contributed by atoms with Crippen molar-refractivity contribution in [1.29, 1.82) is 0 Å². The molecule has 1 aromatic heterocycles. The molecule has 1 amide bonds. The highest BCUT2D eigenvalue weighted by atomic mass is 19.2. The van der Waals surface area contributed by atoms with Gasteiger partial charge in [-0.25, -0.2) is 18.7 Å². The van der Waals surface area contributed by atoms with Crippen LogP contribution in [0.15, 0.2) is 30.6 Å². The molecule has 0 radical (unpaired) electrons. The highest BCUT2D eigenvalue weighted by Gasteiger charge is 2.16. The van der Waals surface area contributed by atoms with Crippen molar-refractivity contribution >= 4 is 17.5 Å². The number of hydrogen-bond acceptors (Lipinski definition) is 5. The Hall–Kier alpha value is -2.61. The van der Waals surface area contributed by atoms with Crippen LogP contribution in [0.4, 0.5) is 20.4 Å². The Kier molecular flexibility index (Phi) is 4.66. The van der Waals surface area contributed by atoms with Crippen molar-refractivity contribution in [2.75, 3.05) is 43.4 Å². The summed E-state index contributed by atoms with van der Waals surface area (Å²) in [5, 5.41) is 2.58. The minimum atomic E-state index is -1.07. The molecule has 2 aromatic rings. The predicted octanol–water partition coefficient (Wildman–Crippen LogP) is 1.76. The maximum Gasteiger partial charge on any atom is 0.256 e. The Morgan fingerprint density at radius 3 is 2.54 bits per heavy atom. The number of carbonyl (C=O) groups is 1. The van der Waals surface area contributed by atoms with Crippen molar-refractivity contribution in [3.63, 3.8) is 0 Å². The van der Waals surface area contributed by atoms with E-state index in [9.17, 15) is 13.6 Å². The van der Waals surface area contributed by atoms with E-state index in [4.69, 9.17) is 0 Å². The number of halogens is 2. The summed E-state index contributed by atoms with van der Waals surface area (Å²) in [6, 6.07) is 4.66. The quantitative estimate of drug-likeness (QED) is 0.927. The molecule has 1 fully saturated rings. The Labute approximate surface area is 138 Å². The molecular formula is C16H17F2N5O. The maximum absolute atomic E-state index is 13.2. The molecule has 1 aromatic carbocycles. The Morgan fingerprint density at radius 1 is 1.08 bits per heavy atom. The van der Waals surface area contributed by atoms with Crippen LogP contribution in [0.2, 0.25) is 0 Å². The zero-order valence-electron chi connectivity index (χ0n) is 13.2. The summed E-state index contributed by atoms with van der Waals surface area (Å²) in [6.45, 7) is 3.54. The van der Waals surface area contributed by atoms with Crippen molar-refractivity contribution < 1.29 is 13.6 Å². The van der Waals surface area contributed by atoms with Gasteiger partial charge in [-0.1, -0.05) is 0 Å². The van der Waals surface area contributed by atoms with E-state index in [1.54, 1.807) is 6.07 Å². The second-order valence-electron chi connectivity index (χ2n) is 5.63. The highest BCUT2D eigenvalue weighted by Crippen LogP contribution is 2.17. The van der Waals surface area contributed by atoms with Gasteiger partial charge < -0.3 is 15.1 Å². The average Bonchev–Trinajstić information content (AvgIpc) is 2.58. The van der Waals surface area contributed by atoms with Gasteiger partial charge in [0.2, 0.25) is 0 Å². The number of nitrogens with zero attached hydrogens (tertiary/aromatic N) is 4. The van der Waals surface area contributed by atoms with Crippen molar-refractivity contribution in [1.82, 2.24) is 14.9 Å². The van der Waals surface area contributed by atoms with E-state index in [0.717, 1.165) is 44.1 Å². The summed E-state index contributed by atoms with van der Waals surface area (Å²) in [5.41, 5.74) is 0.0219. The third-order valence-corrected chi connectivity index (χ3v) is 3.90. The molecule has 2 heterocycles. The summed E-state index contributed by atoms with van der Waals surface area (Å²) in [5.74, 6) is -1.58. The fraction of sp³-hybridized carbons (Fsp3) is 0.312. The lowest BCUT2D eigenvalue weighted by molar-refractivity contribution is 0.102. The smallest absolute Gasteiger partial charge is 0.256 e. The molecule has 126 valence electrons. The third-order valence-electron chi connectivity index (χ3n) is 3.90. The number of aromatic nitrogens is 2. The highest BCUT2D eigenvalue weighted by molar-refractivity contribution is 6.03. The van der Waals surface area contributed by atoms with Gasteiger partial charge in [-0.05, 0) is 25.2 Å². The van der Waals surface area contributed by atoms with Gasteiger partial charge in [0.1, 0.15) is 18.0 Å². The van der Waals surface area contributed by atoms with E-state index in [-0.39, 0.29) is 5.56 Å². The molecule has 1 saturated heterocycles. The number of amides is 1. The van der Waals surface area contributed by atoms with Crippen LogP contribution in [0, 0.1) is 11.6 Å². The number of carbonyl (C=O) groups excluding carboxylic acids is 1. The molecule has 0 spiro atoms. The molecule has 3 rings (SSSR count). The second kappa shape index (κ2) is 6.88. The van der Waals surface area contributed by atoms with Gasteiger partial charge in [0.25, 0.3) is 5.91 Å². The number of anilines is 2. The number of likely N-dealkylation sites (N-methyl/N-ethyl adjacent to an activating group) is 1. The van der Waals surface area contributed by atoms with Crippen LogP contribution in [0.5, 0.6) is 0 Å². The van der Waals surface area contributed by atoms with Crippen molar-refractivity contribution in [2.24, 2.45) is 0 Å². The minimum absolute atomic E-state index is 0.0219. The van der Waals surface area contributed by atoms with Gasteiger partial charge in [-0.15, -0.1) is 0 Å². The standard InChI is InChI=1S/C16H17F2N5O/c1-22-4-6-23(7-5-22)15-9-14(19-10-20-15)21-16(24)11-2-3-12(17)13(18)8-11/h2-3,8-10H,4-7H2,1H3,(H,19,20,21,24). The first kappa shape index (κ1) is 16.3. The molecule has 0 saturated carbocycles. The first-order chi connectivity index (χ1) is 11.5. The molecule has 1 aliphatic heterocycles. The molecule has 6 nitrogen and oxygen atoms in total. The van der Waals surface area contributed by atoms with Gasteiger partial charge >= 0.3 is 0 Å². The second-order valence-corrected chi connectivity index (χ2v) is 5.63. The van der Waals surface area contributed by atoms with Crippen molar-refractivity contribution in [2.45, 2.75) is 0 Å². The molecule has 1 N–H and O–H groups in total. The van der Waals surface area contributed by atoms with E-state index in [0.29, 0.717) is 5.82 Å². The van der Waals surface area contributed by atoms with Crippen LogP contribution in [-0.4, -0.2) is 54.0 Å². The fourth-order valence-corrected chi connectivity index (χ4v) is 2.45. The van der Waals surface area contributed by atoms with Gasteiger partial charge in [0.05, 0.1) is 0 Å². The first-order valence-electron chi connectivity index (χ1n) is 7.55. The lowest BCUT2D eigenvalue weighted by Gasteiger charge is -2.33. The molecule has 0 bridgehead atoms. The monoisotopic (exact) mass is 333 g/mol. The average molecular weight is 333 g/mol. The molecule has 0 aliphatic carbocycles. The number of nitrogens with one attached hydrogen (secondary N) is 1. The summed E-state index contributed by atoms with van der Waals surface area (Å²) in [6.07, 6.45) is 1.37. The predicted molar refractivity (Wildman–Crippen MR) is 86.1 cm³/mol. The van der Waals surface area contributed by atoms with Crippen LogP contribution in [0.1, 0.15) is 10.4 Å². The molecule has 1 aliphatic rings. The Balaban J connectivity index is 1.72. The molecule has 8 heteroatoms. The van der Waals surface area contributed by atoms with Crippen LogP contribution in [0.3, 0.4) is 0 Å². The molecule has 0 atom stereocenters. The molecule has 24 heavy (non-hydrogen) atoms. The maximum atomic E-state index is 13.2. The summed E-state index contributed by atoms with van der Waals surface area (Å²) in [7, 11) is 2.06. The normalized spacial score (nSPS) is 15.4. The number of piperazine rings is 1. The van der Waals surface area contributed by atoms with Crippen LogP contribution >= 0.6 is 0 Å². The van der Waals surface area contributed by atoms with Gasteiger partial charge in [-0.3, -0.25) is 4.79 Å². The van der Waals surface area contributed by atoms with E-state index in [1.807, 2.05) is 0 Å². The van der Waals surface area contributed by atoms with Crippen molar-refractivity contribution in [3.05, 3.63) is 47.8 Å². The first-order valence-corrected chi connectivity index (χ1v) is 7.55. The summed E-state index contributed by atoms with van der Waals surface area (Å²) in [4.78, 5) is 24.7. The summed E-state index contributed by atoms with van der Waals surface area (Å²) < 4.78 is 26.2. The van der Waals surface area contributed by atoms with Crippen LogP contribution in [-0.2, 0) is 0 Å². The van der Waals surface area contributed by atoms with E-state index < -0.39 is 17.5 Å². The van der Waals surface area contributed by atoms with Crippen molar-refractivity contribution in [3.8, 4) is 0 Å². The fourth-order valence-electron chi connectivity index (χ4n) is 2.45. The lowest BCUT2D eigenvalue weighted by Crippen LogP contribution is -2.44. The topological polar surface area (TPSA) is 61.4 Å². The van der Waals surface area contributed by atoms with Gasteiger partial charge in [-0.2, -0.15) is 0 Å². The minimum Gasteiger partial charge on any atom is -0.354 e. The zero-order chi connectivity index (χ0) is 17.1. The molecule has 0 unspecified atom stereocenters. The SMILES string of the molecule is CN1CCN(c2cc(NC(=O)c3ccc(F)c(F)c3)ncn2)CC1. The van der Waals surface area contributed by atoms with E-state index >= 15 is 0 Å². The Morgan fingerprint density at radius 2 is 1.83 bits per heavy atom. The van der Waals surface area contributed by atoms with Crippen LogP contribution in [0.25, 0.3) is 0 Å². The molecular weight excluding hydrogens is 316 g/mol. The van der Waals surface area contributed by atoms with E-state index in [2.05, 4.69) is 32.1 Å².